The largest absolute Gasteiger partial charge is 0.383 e. The van der Waals surface area contributed by atoms with Crippen LogP contribution in [0.3, 0.4) is 0 Å². The van der Waals surface area contributed by atoms with Crippen LogP contribution in [-0.2, 0) is 20.8 Å². The number of carbonyl (C=O) groups excluding carboxylic acids is 1. The van der Waals surface area contributed by atoms with Gasteiger partial charge in [-0.1, -0.05) is 13.8 Å². The van der Waals surface area contributed by atoms with Gasteiger partial charge >= 0.3 is 0 Å². The summed E-state index contributed by atoms with van der Waals surface area (Å²) in [4.78, 5) is 12.5. The molecule has 2 rings (SSSR count). The van der Waals surface area contributed by atoms with Crippen molar-refractivity contribution in [1.29, 1.82) is 0 Å². The fraction of sp³-hybridized carbons (Fsp3) is 0.733. The minimum Gasteiger partial charge on any atom is -0.383 e. The van der Waals surface area contributed by atoms with Gasteiger partial charge in [0.15, 0.2) is 5.82 Å². The van der Waals surface area contributed by atoms with Gasteiger partial charge in [-0.05, 0) is 6.92 Å². The third kappa shape index (κ3) is 2.88. The first-order valence-corrected chi connectivity index (χ1v) is 7.59. The van der Waals surface area contributed by atoms with Gasteiger partial charge in [-0.3, -0.25) is 9.48 Å². The maximum absolute atomic E-state index is 12.5. The predicted octanol–water partition coefficient (Wildman–Crippen LogP) is 1.00. The Labute approximate surface area is 131 Å². The summed E-state index contributed by atoms with van der Waals surface area (Å²) in [6, 6.07) is 1.75. The lowest BCUT2D eigenvalue weighted by molar-refractivity contribution is -0.166. The van der Waals surface area contributed by atoms with E-state index in [1.165, 1.54) is 0 Å². The number of nitrogens with one attached hydrogen (secondary N) is 1. The minimum absolute atomic E-state index is 0.00695. The molecule has 2 atom stereocenters. The molecule has 1 aliphatic carbocycles. The lowest BCUT2D eigenvalue weighted by Crippen LogP contribution is -2.74. The predicted molar refractivity (Wildman–Crippen MR) is 83.5 cm³/mol. The Balaban J connectivity index is 1.99. The van der Waals surface area contributed by atoms with Crippen molar-refractivity contribution in [1.82, 2.24) is 9.78 Å². The van der Waals surface area contributed by atoms with Crippen LogP contribution in [0, 0.1) is 5.41 Å². The maximum atomic E-state index is 12.5. The summed E-state index contributed by atoms with van der Waals surface area (Å²) >= 11 is 0. The smallest absolute Gasteiger partial charge is 0.246 e. The molecule has 1 fully saturated rings. The molecule has 0 spiro atoms. The van der Waals surface area contributed by atoms with Gasteiger partial charge in [-0.25, -0.2) is 0 Å². The molecule has 3 N–H and O–H groups in total. The zero-order valence-electron chi connectivity index (χ0n) is 13.8. The number of hydrogen-bond donors (Lipinski definition) is 2. The Bertz CT molecular complexity index is 529. The van der Waals surface area contributed by atoms with Gasteiger partial charge in [-0.2, -0.15) is 5.10 Å². The fourth-order valence-electron chi connectivity index (χ4n) is 2.79. The van der Waals surface area contributed by atoms with Gasteiger partial charge < -0.3 is 20.5 Å². The number of methoxy groups -OCH3 is 1. The second kappa shape index (κ2) is 6.36. The van der Waals surface area contributed by atoms with Crippen molar-refractivity contribution in [2.45, 2.75) is 45.4 Å². The molecular weight excluding hydrogens is 284 g/mol. The molecule has 22 heavy (non-hydrogen) atoms. The van der Waals surface area contributed by atoms with Gasteiger partial charge in [0.1, 0.15) is 5.54 Å². The summed E-state index contributed by atoms with van der Waals surface area (Å²) in [5, 5.41) is 7.09. The third-order valence-electron chi connectivity index (χ3n) is 4.64. The van der Waals surface area contributed by atoms with Gasteiger partial charge in [0.2, 0.25) is 5.91 Å². The highest BCUT2D eigenvalue weighted by molar-refractivity contribution is 5.99. The summed E-state index contributed by atoms with van der Waals surface area (Å²) in [7, 11) is 1.64. The average Bonchev–Trinajstić information content (AvgIpc) is 2.92. The van der Waals surface area contributed by atoms with Crippen molar-refractivity contribution in [2.75, 3.05) is 25.6 Å². The topological polar surface area (TPSA) is 91.4 Å². The molecule has 0 radical (unpaired) electrons. The Hall–Kier alpha value is -1.44. The van der Waals surface area contributed by atoms with E-state index < -0.39 is 11.0 Å². The van der Waals surface area contributed by atoms with Crippen LogP contribution < -0.4 is 11.1 Å². The molecule has 7 heteroatoms. The highest BCUT2D eigenvalue weighted by Crippen LogP contribution is 2.50. The van der Waals surface area contributed by atoms with Crippen LogP contribution in [0.25, 0.3) is 0 Å². The van der Waals surface area contributed by atoms with E-state index in [2.05, 4.69) is 10.4 Å². The van der Waals surface area contributed by atoms with E-state index in [9.17, 15) is 4.79 Å². The van der Waals surface area contributed by atoms with Crippen LogP contribution in [0.5, 0.6) is 0 Å². The molecule has 0 aromatic carbocycles. The van der Waals surface area contributed by atoms with Crippen molar-refractivity contribution in [3.63, 3.8) is 0 Å². The van der Waals surface area contributed by atoms with E-state index in [0.717, 1.165) is 0 Å². The molecule has 124 valence electrons. The second-order valence-corrected chi connectivity index (χ2v) is 6.25. The van der Waals surface area contributed by atoms with Crippen LogP contribution in [0.15, 0.2) is 12.3 Å². The first kappa shape index (κ1) is 16.9. The zero-order valence-corrected chi connectivity index (χ0v) is 13.8. The van der Waals surface area contributed by atoms with E-state index in [0.29, 0.717) is 32.0 Å². The number of aromatic nitrogens is 2. The summed E-state index contributed by atoms with van der Waals surface area (Å²) in [6.45, 7) is 7.70. The van der Waals surface area contributed by atoms with Crippen molar-refractivity contribution >= 4 is 11.7 Å². The van der Waals surface area contributed by atoms with E-state index in [4.69, 9.17) is 15.2 Å². The van der Waals surface area contributed by atoms with Crippen molar-refractivity contribution in [2.24, 2.45) is 11.1 Å². The van der Waals surface area contributed by atoms with Crippen LogP contribution in [0.2, 0.25) is 0 Å². The summed E-state index contributed by atoms with van der Waals surface area (Å²) in [6.07, 6.45) is 2.32. The van der Waals surface area contributed by atoms with E-state index >= 15 is 0 Å². The normalized spacial score (nSPS) is 26.5. The number of carbonyl (C=O) groups is 1. The zero-order chi connectivity index (χ0) is 16.4. The van der Waals surface area contributed by atoms with Crippen molar-refractivity contribution < 1.29 is 14.3 Å². The lowest BCUT2D eigenvalue weighted by Gasteiger charge is -2.57. The molecule has 0 bridgehead atoms. The molecule has 0 saturated heterocycles. The van der Waals surface area contributed by atoms with Gasteiger partial charge in [0, 0.05) is 37.8 Å². The number of anilines is 1. The molecule has 1 heterocycles. The summed E-state index contributed by atoms with van der Waals surface area (Å²) < 4.78 is 12.4. The number of hydrogen-bond acceptors (Lipinski definition) is 5. The maximum Gasteiger partial charge on any atom is 0.246 e. The molecule has 1 aromatic rings. The van der Waals surface area contributed by atoms with Crippen molar-refractivity contribution in [3.05, 3.63) is 12.3 Å². The summed E-state index contributed by atoms with van der Waals surface area (Å²) in [5.41, 5.74) is 4.98. The lowest BCUT2D eigenvalue weighted by atomic mass is 9.54. The number of ether oxygens (including phenoxy) is 2. The number of rotatable bonds is 7. The first-order chi connectivity index (χ1) is 10.3. The monoisotopic (exact) mass is 310 g/mol. The average molecular weight is 310 g/mol. The van der Waals surface area contributed by atoms with E-state index in [1.54, 1.807) is 24.1 Å². The van der Waals surface area contributed by atoms with Crippen LogP contribution in [0.4, 0.5) is 5.82 Å². The van der Waals surface area contributed by atoms with E-state index in [-0.39, 0.29) is 12.0 Å². The molecule has 1 saturated carbocycles. The molecule has 7 nitrogen and oxygen atoms in total. The molecule has 2 unspecified atom stereocenters. The first-order valence-electron chi connectivity index (χ1n) is 7.59. The Kier molecular flexibility index (Phi) is 4.89. The van der Waals surface area contributed by atoms with Gasteiger partial charge in [0.25, 0.3) is 0 Å². The number of nitrogens with two attached hydrogens (primary N) is 1. The highest BCUT2D eigenvalue weighted by atomic mass is 16.5. The second-order valence-electron chi connectivity index (χ2n) is 6.25. The van der Waals surface area contributed by atoms with Gasteiger partial charge in [0.05, 0.1) is 19.3 Å². The molecule has 1 aliphatic rings. The standard InChI is InChI=1S/C15H26N4O3/c1-5-22-11-10-15(16,14(11,2)3)13(20)17-12-6-7-19(18-12)8-9-21-4/h6-7,11H,5,8-10,16H2,1-4H3,(H,17,18,20). The Morgan fingerprint density at radius 1 is 1.59 bits per heavy atom. The minimum atomic E-state index is -0.941. The summed E-state index contributed by atoms with van der Waals surface area (Å²) in [5.74, 6) is 0.284. The number of amides is 1. The van der Waals surface area contributed by atoms with Crippen LogP contribution >= 0.6 is 0 Å². The third-order valence-corrected chi connectivity index (χ3v) is 4.64. The highest BCUT2D eigenvalue weighted by Gasteiger charge is 2.62. The fourth-order valence-corrected chi connectivity index (χ4v) is 2.79. The van der Waals surface area contributed by atoms with Gasteiger partial charge in [-0.15, -0.1) is 0 Å². The molecule has 1 amide bonds. The van der Waals surface area contributed by atoms with Crippen LogP contribution in [-0.4, -0.2) is 47.7 Å². The number of nitrogens with zero attached hydrogens (tertiary/aromatic N) is 2. The van der Waals surface area contributed by atoms with Crippen molar-refractivity contribution in [3.8, 4) is 0 Å². The quantitative estimate of drug-likeness (QED) is 0.784. The Morgan fingerprint density at radius 3 is 2.91 bits per heavy atom. The molecule has 0 aliphatic heterocycles. The van der Waals surface area contributed by atoms with Crippen LogP contribution in [0.1, 0.15) is 27.2 Å². The SMILES string of the molecule is CCOC1CC(N)(C(=O)Nc2ccn(CCOC)n2)C1(C)C. The Morgan fingerprint density at radius 2 is 2.32 bits per heavy atom. The molecular formula is C15H26N4O3. The molecule has 1 aromatic heterocycles. The van der Waals surface area contributed by atoms with E-state index in [1.807, 2.05) is 20.8 Å².